The van der Waals surface area contributed by atoms with E-state index in [1.54, 1.807) is 7.11 Å². The Hall–Kier alpha value is -2.25. The van der Waals surface area contributed by atoms with E-state index in [0.29, 0.717) is 21.6 Å². The lowest BCUT2D eigenvalue weighted by molar-refractivity contribution is -0.115. The van der Waals surface area contributed by atoms with Crippen LogP contribution in [0.3, 0.4) is 0 Å². The molecule has 1 fully saturated rings. The van der Waals surface area contributed by atoms with Crippen molar-refractivity contribution in [2.75, 3.05) is 7.11 Å². The number of nitrogens with one attached hydrogen (secondary N) is 1. The summed E-state index contributed by atoms with van der Waals surface area (Å²) in [5.41, 5.74) is 2.80. The van der Waals surface area contributed by atoms with Crippen LogP contribution in [0.15, 0.2) is 50.8 Å². The van der Waals surface area contributed by atoms with Gasteiger partial charge in [0.05, 0.1) is 28.3 Å². The number of carbonyl (C=O) groups excluding carboxylic acids is 1. The third-order valence-corrected chi connectivity index (χ3v) is 5.86. The second-order valence-corrected chi connectivity index (χ2v) is 8.57. The van der Waals surface area contributed by atoms with Gasteiger partial charge >= 0.3 is 0 Å². The molecule has 2 aromatic carbocycles. The lowest BCUT2D eigenvalue weighted by Gasteiger charge is -2.17. The first-order valence-electron chi connectivity index (χ1n) is 9.30. The number of hydrogen-bond acceptors (Lipinski definition) is 5. The minimum Gasteiger partial charge on any atom is -0.493 e. The summed E-state index contributed by atoms with van der Waals surface area (Å²) in [7, 11) is 1.60. The van der Waals surface area contributed by atoms with Crippen LogP contribution in [0.5, 0.6) is 11.5 Å². The molecule has 0 unspecified atom stereocenters. The summed E-state index contributed by atoms with van der Waals surface area (Å²) in [6.45, 7) is 6.10. The molecule has 0 spiro atoms. The molecular weight excluding hydrogens is 452 g/mol. The summed E-state index contributed by atoms with van der Waals surface area (Å²) < 4.78 is 12.2. The molecule has 1 aliphatic rings. The van der Waals surface area contributed by atoms with Gasteiger partial charge in [0.2, 0.25) is 0 Å². The van der Waals surface area contributed by atoms with E-state index >= 15 is 0 Å². The van der Waals surface area contributed by atoms with Gasteiger partial charge < -0.3 is 14.8 Å². The topological polar surface area (TPSA) is 59.9 Å². The van der Waals surface area contributed by atoms with E-state index < -0.39 is 0 Å². The first kappa shape index (κ1) is 21.5. The molecule has 1 atom stereocenters. The fourth-order valence-corrected chi connectivity index (χ4v) is 3.99. The van der Waals surface area contributed by atoms with E-state index in [1.165, 1.54) is 11.8 Å². The highest BCUT2D eigenvalue weighted by atomic mass is 79.9. The number of amidine groups is 1. The first-order chi connectivity index (χ1) is 13.9. The van der Waals surface area contributed by atoms with Gasteiger partial charge in [-0.2, -0.15) is 0 Å². The normalized spacial score (nSPS) is 17.5. The molecular formula is C22H23BrN2O3S. The Kier molecular flexibility index (Phi) is 7.03. The molecule has 1 saturated heterocycles. The van der Waals surface area contributed by atoms with E-state index in [1.807, 2.05) is 56.3 Å². The molecule has 0 radical (unpaired) electrons. The van der Waals surface area contributed by atoms with E-state index in [9.17, 15) is 4.79 Å². The van der Waals surface area contributed by atoms with Crippen LogP contribution < -0.4 is 14.8 Å². The highest BCUT2D eigenvalue weighted by Gasteiger charge is 2.24. The molecule has 1 heterocycles. The number of aliphatic imine (C=N–C) groups is 1. The van der Waals surface area contributed by atoms with Crippen molar-refractivity contribution in [2.45, 2.75) is 33.3 Å². The van der Waals surface area contributed by atoms with Gasteiger partial charge in [-0.05, 0) is 83.9 Å². The van der Waals surface area contributed by atoms with Gasteiger partial charge in [0.1, 0.15) is 0 Å². The smallest absolute Gasteiger partial charge is 0.264 e. The zero-order valence-corrected chi connectivity index (χ0v) is 19.2. The molecule has 1 N–H and O–H groups in total. The van der Waals surface area contributed by atoms with Crippen LogP contribution in [0.2, 0.25) is 0 Å². The number of amides is 1. The molecule has 1 aliphatic heterocycles. The lowest BCUT2D eigenvalue weighted by atomic mass is 10.1. The molecule has 1 amide bonds. The fourth-order valence-electron chi connectivity index (χ4n) is 2.59. The van der Waals surface area contributed by atoms with Gasteiger partial charge in [-0.3, -0.25) is 4.79 Å². The van der Waals surface area contributed by atoms with Gasteiger partial charge in [0.25, 0.3) is 5.91 Å². The molecule has 2 aromatic rings. The molecule has 29 heavy (non-hydrogen) atoms. The highest BCUT2D eigenvalue weighted by molar-refractivity contribution is 9.10. The van der Waals surface area contributed by atoms with Crippen molar-refractivity contribution in [1.29, 1.82) is 0 Å². The van der Waals surface area contributed by atoms with Gasteiger partial charge in [-0.1, -0.05) is 24.6 Å². The number of benzene rings is 2. The van der Waals surface area contributed by atoms with E-state index in [-0.39, 0.29) is 12.0 Å². The van der Waals surface area contributed by atoms with Crippen molar-refractivity contribution in [3.05, 3.63) is 56.9 Å². The Morgan fingerprint density at radius 3 is 2.66 bits per heavy atom. The van der Waals surface area contributed by atoms with Crippen LogP contribution in [-0.2, 0) is 4.79 Å². The van der Waals surface area contributed by atoms with Crippen LogP contribution >= 0.6 is 27.7 Å². The van der Waals surface area contributed by atoms with Gasteiger partial charge in [-0.15, -0.1) is 0 Å². The zero-order chi connectivity index (χ0) is 21.0. The predicted octanol–water partition coefficient (Wildman–Crippen LogP) is 5.84. The molecule has 7 heteroatoms. The van der Waals surface area contributed by atoms with E-state index in [4.69, 9.17) is 9.47 Å². The number of thioether (sulfide) groups is 1. The van der Waals surface area contributed by atoms with Gasteiger partial charge in [0.15, 0.2) is 16.7 Å². The maximum absolute atomic E-state index is 12.4. The Morgan fingerprint density at radius 1 is 1.28 bits per heavy atom. The van der Waals surface area contributed by atoms with Crippen LogP contribution in [0.25, 0.3) is 6.08 Å². The van der Waals surface area contributed by atoms with Crippen molar-refractivity contribution < 1.29 is 14.3 Å². The van der Waals surface area contributed by atoms with Gasteiger partial charge in [0, 0.05) is 0 Å². The number of methoxy groups -OCH3 is 1. The SMILES string of the molecule is CC[C@@H](C)Oc1c(Br)cc(/C=C2/SC(=Nc3ccc(C)cc3)NC2=O)cc1OC. The summed E-state index contributed by atoms with van der Waals surface area (Å²) in [6, 6.07) is 11.6. The summed E-state index contributed by atoms with van der Waals surface area (Å²) in [4.78, 5) is 17.4. The minimum absolute atomic E-state index is 0.0705. The second-order valence-electron chi connectivity index (χ2n) is 6.69. The van der Waals surface area contributed by atoms with Gasteiger partial charge in [-0.25, -0.2) is 4.99 Å². The molecule has 0 aromatic heterocycles. The number of carbonyl (C=O) groups is 1. The average molecular weight is 475 g/mol. The highest BCUT2D eigenvalue weighted by Crippen LogP contribution is 2.39. The largest absolute Gasteiger partial charge is 0.493 e. The van der Waals surface area contributed by atoms with Crippen LogP contribution in [0.4, 0.5) is 5.69 Å². The number of rotatable bonds is 6. The summed E-state index contributed by atoms with van der Waals surface area (Å²) in [5.74, 6) is 1.11. The molecule has 152 valence electrons. The number of hydrogen-bond donors (Lipinski definition) is 1. The number of halogens is 1. The summed E-state index contributed by atoms with van der Waals surface area (Å²) in [6.07, 6.45) is 2.78. The monoisotopic (exact) mass is 474 g/mol. The Morgan fingerprint density at radius 2 is 2.00 bits per heavy atom. The minimum atomic E-state index is -0.170. The molecule has 0 saturated carbocycles. The number of nitrogens with zero attached hydrogens (tertiary/aromatic N) is 1. The molecule has 0 aliphatic carbocycles. The summed E-state index contributed by atoms with van der Waals surface area (Å²) >= 11 is 4.87. The fraction of sp³-hybridized carbons (Fsp3) is 0.273. The third kappa shape index (κ3) is 5.42. The third-order valence-electron chi connectivity index (χ3n) is 4.36. The van der Waals surface area contributed by atoms with Crippen molar-refractivity contribution in [1.82, 2.24) is 5.32 Å². The quantitative estimate of drug-likeness (QED) is 0.534. The first-order valence-corrected chi connectivity index (χ1v) is 10.9. The maximum atomic E-state index is 12.4. The van der Waals surface area contributed by atoms with Crippen LogP contribution in [0.1, 0.15) is 31.4 Å². The van der Waals surface area contributed by atoms with Crippen molar-refractivity contribution in [3.8, 4) is 11.5 Å². The molecule has 5 nitrogen and oxygen atoms in total. The van der Waals surface area contributed by atoms with Crippen LogP contribution in [0, 0.1) is 6.92 Å². The van der Waals surface area contributed by atoms with Crippen LogP contribution in [-0.4, -0.2) is 24.3 Å². The Bertz CT molecular complexity index is 971. The number of ether oxygens (including phenoxy) is 2. The van der Waals surface area contributed by atoms with Crippen molar-refractivity contribution >= 4 is 50.5 Å². The average Bonchev–Trinajstić information content (AvgIpc) is 3.04. The lowest BCUT2D eigenvalue weighted by Crippen LogP contribution is -2.19. The number of aryl methyl sites for hydroxylation is 1. The second kappa shape index (κ2) is 9.50. The molecule has 3 rings (SSSR count). The molecule has 0 bridgehead atoms. The van der Waals surface area contributed by atoms with E-state index in [0.717, 1.165) is 27.7 Å². The predicted molar refractivity (Wildman–Crippen MR) is 123 cm³/mol. The summed E-state index contributed by atoms with van der Waals surface area (Å²) in [5, 5.41) is 3.38. The maximum Gasteiger partial charge on any atom is 0.264 e. The van der Waals surface area contributed by atoms with Crippen molar-refractivity contribution in [3.63, 3.8) is 0 Å². The van der Waals surface area contributed by atoms with E-state index in [2.05, 4.69) is 33.2 Å². The Labute approximate surface area is 183 Å². The zero-order valence-electron chi connectivity index (χ0n) is 16.8. The Balaban J connectivity index is 1.85. The standard InChI is InChI=1S/C22H23BrN2O3S/c1-5-14(3)28-20-17(23)10-15(11-18(20)27-4)12-19-21(26)25-22(29-19)24-16-8-6-13(2)7-9-16/h6-12,14H,5H2,1-4H3,(H,24,25,26)/b19-12+/t14-/m1/s1. The van der Waals surface area contributed by atoms with Crippen molar-refractivity contribution in [2.24, 2.45) is 4.99 Å².